The Morgan fingerprint density at radius 1 is 1.46 bits per heavy atom. The van der Waals surface area contributed by atoms with E-state index in [0.717, 1.165) is 25.6 Å². The fraction of sp³-hybridized carbons (Fsp3) is 0.889. The quantitative estimate of drug-likeness (QED) is 0.605. The molecule has 0 spiro atoms. The molecule has 1 saturated carbocycles. The van der Waals surface area contributed by atoms with Gasteiger partial charge in [0, 0.05) is 19.6 Å². The molecule has 0 radical (unpaired) electrons. The Labute approximate surface area is 78.0 Å². The van der Waals surface area contributed by atoms with E-state index in [1.807, 2.05) is 0 Å². The van der Waals surface area contributed by atoms with Gasteiger partial charge in [-0.15, -0.1) is 0 Å². The van der Waals surface area contributed by atoms with Crippen LogP contribution >= 0.6 is 0 Å². The lowest BCUT2D eigenvalue weighted by Crippen LogP contribution is -2.49. The second-order valence-corrected chi connectivity index (χ2v) is 3.84. The zero-order valence-corrected chi connectivity index (χ0v) is 7.71. The van der Waals surface area contributed by atoms with E-state index in [1.54, 1.807) is 0 Å². The maximum Gasteiger partial charge on any atom is 0.246 e. The van der Waals surface area contributed by atoms with Crippen LogP contribution in [0.25, 0.3) is 0 Å². The van der Waals surface area contributed by atoms with E-state index < -0.39 is 0 Å². The Hall–Kier alpha value is -0.610. The molecule has 74 valence electrons. The summed E-state index contributed by atoms with van der Waals surface area (Å²) < 4.78 is 5.32. The summed E-state index contributed by atoms with van der Waals surface area (Å²) in [5.41, 5.74) is 0. The number of amides is 1. The van der Waals surface area contributed by atoms with Gasteiger partial charge in [0.05, 0.1) is 6.10 Å². The van der Waals surface area contributed by atoms with Crippen LogP contribution in [0.2, 0.25) is 0 Å². The average molecular weight is 184 g/mol. The molecule has 2 aliphatic rings. The Morgan fingerprint density at radius 3 is 2.77 bits per heavy atom. The summed E-state index contributed by atoms with van der Waals surface area (Å²) in [4.78, 5) is 11.2. The van der Waals surface area contributed by atoms with E-state index in [-0.39, 0.29) is 18.6 Å². The van der Waals surface area contributed by atoms with Crippen LogP contribution in [-0.4, -0.2) is 38.3 Å². The van der Waals surface area contributed by atoms with Crippen molar-refractivity contribution in [1.82, 2.24) is 10.6 Å². The second kappa shape index (κ2) is 4.07. The Kier molecular flexibility index (Phi) is 2.80. The van der Waals surface area contributed by atoms with E-state index in [9.17, 15) is 4.79 Å². The summed E-state index contributed by atoms with van der Waals surface area (Å²) in [6.07, 6.45) is 2.80. The van der Waals surface area contributed by atoms with E-state index >= 15 is 0 Å². The lowest BCUT2D eigenvalue weighted by atomic mass is 10.2. The van der Waals surface area contributed by atoms with Gasteiger partial charge in [0.25, 0.3) is 0 Å². The highest BCUT2D eigenvalue weighted by Crippen LogP contribution is 2.27. The van der Waals surface area contributed by atoms with Crippen molar-refractivity contribution in [3.63, 3.8) is 0 Å². The van der Waals surface area contributed by atoms with E-state index in [1.165, 1.54) is 12.8 Å². The molecule has 1 saturated heterocycles. The summed E-state index contributed by atoms with van der Waals surface area (Å²) in [5.74, 6) is 0.771. The Bertz CT molecular complexity index is 188. The van der Waals surface area contributed by atoms with Crippen LogP contribution in [0, 0.1) is 5.92 Å². The summed E-state index contributed by atoms with van der Waals surface area (Å²) in [7, 11) is 0. The van der Waals surface area contributed by atoms with Crippen LogP contribution in [0.15, 0.2) is 0 Å². The molecule has 4 nitrogen and oxygen atoms in total. The van der Waals surface area contributed by atoms with Crippen LogP contribution in [0.4, 0.5) is 0 Å². The number of hydrogen-bond donors (Lipinski definition) is 2. The molecule has 2 fully saturated rings. The van der Waals surface area contributed by atoms with Gasteiger partial charge < -0.3 is 15.4 Å². The van der Waals surface area contributed by atoms with Gasteiger partial charge in [0.2, 0.25) is 5.91 Å². The van der Waals surface area contributed by atoms with Gasteiger partial charge in [-0.1, -0.05) is 0 Å². The molecule has 1 amide bonds. The SMILES string of the molecule is O=C(COC1CNC1)NCC1CC1. The first-order valence-corrected chi connectivity index (χ1v) is 4.93. The molecule has 0 aromatic carbocycles. The minimum absolute atomic E-state index is 0.0267. The molecule has 0 atom stereocenters. The molecule has 1 heterocycles. The second-order valence-electron chi connectivity index (χ2n) is 3.84. The maximum atomic E-state index is 11.2. The lowest BCUT2D eigenvalue weighted by molar-refractivity contribution is -0.128. The molecular weight excluding hydrogens is 168 g/mol. The molecule has 0 aromatic heterocycles. The molecule has 2 rings (SSSR count). The van der Waals surface area contributed by atoms with Crippen molar-refractivity contribution < 1.29 is 9.53 Å². The highest BCUT2D eigenvalue weighted by molar-refractivity contribution is 5.77. The summed E-state index contributed by atoms with van der Waals surface area (Å²) in [6, 6.07) is 0. The number of ether oxygens (including phenoxy) is 1. The molecule has 4 heteroatoms. The minimum atomic E-state index is 0.0267. The fourth-order valence-corrected chi connectivity index (χ4v) is 1.20. The van der Waals surface area contributed by atoms with Crippen LogP contribution in [-0.2, 0) is 9.53 Å². The number of hydrogen-bond acceptors (Lipinski definition) is 3. The van der Waals surface area contributed by atoms with Crippen molar-refractivity contribution in [1.29, 1.82) is 0 Å². The standard InChI is InChI=1S/C9H16N2O2/c12-9(11-3-7-1-2-7)6-13-8-4-10-5-8/h7-8,10H,1-6H2,(H,11,12). The van der Waals surface area contributed by atoms with Crippen molar-refractivity contribution >= 4 is 5.91 Å². The number of nitrogens with one attached hydrogen (secondary N) is 2. The smallest absolute Gasteiger partial charge is 0.246 e. The predicted molar refractivity (Wildman–Crippen MR) is 48.3 cm³/mol. The van der Waals surface area contributed by atoms with E-state index in [4.69, 9.17) is 4.74 Å². The molecule has 1 aliphatic carbocycles. The topological polar surface area (TPSA) is 50.4 Å². The van der Waals surface area contributed by atoms with Gasteiger partial charge in [0.1, 0.15) is 6.61 Å². The molecule has 1 aliphatic heterocycles. The number of rotatable bonds is 5. The van der Waals surface area contributed by atoms with Crippen LogP contribution in [0.3, 0.4) is 0 Å². The third-order valence-electron chi connectivity index (χ3n) is 2.48. The highest BCUT2D eigenvalue weighted by Gasteiger charge is 2.22. The largest absolute Gasteiger partial charge is 0.366 e. The predicted octanol–water partition coefficient (Wildman–Crippen LogP) is -0.499. The van der Waals surface area contributed by atoms with Crippen LogP contribution in [0.5, 0.6) is 0 Å². The van der Waals surface area contributed by atoms with Gasteiger partial charge in [0.15, 0.2) is 0 Å². The minimum Gasteiger partial charge on any atom is -0.366 e. The lowest BCUT2D eigenvalue weighted by Gasteiger charge is -2.26. The van der Waals surface area contributed by atoms with Crippen molar-refractivity contribution in [2.45, 2.75) is 18.9 Å². The first kappa shape index (κ1) is 8.97. The summed E-state index contributed by atoms with van der Waals surface area (Å²) >= 11 is 0. The Balaban J connectivity index is 1.49. The van der Waals surface area contributed by atoms with Crippen molar-refractivity contribution in [3.05, 3.63) is 0 Å². The van der Waals surface area contributed by atoms with E-state index in [0.29, 0.717) is 0 Å². The highest BCUT2D eigenvalue weighted by atomic mass is 16.5. The third-order valence-corrected chi connectivity index (χ3v) is 2.48. The van der Waals surface area contributed by atoms with Crippen molar-refractivity contribution in [2.75, 3.05) is 26.2 Å². The molecule has 0 aromatic rings. The number of carbonyl (C=O) groups is 1. The van der Waals surface area contributed by atoms with Crippen molar-refractivity contribution in [2.24, 2.45) is 5.92 Å². The monoisotopic (exact) mass is 184 g/mol. The average Bonchev–Trinajstić information content (AvgIpc) is 2.80. The molecule has 13 heavy (non-hydrogen) atoms. The maximum absolute atomic E-state index is 11.2. The van der Waals surface area contributed by atoms with Gasteiger partial charge in [-0.25, -0.2) is 0 Å². The molecule has 2 N–H and O–H groups in total. The van der Waals surface area contributed by atoms with Gasteiger partial charge in [-0.2, -0.15) is 0 Å². The first-order chi connectivity index (χ1) is 6.34. The molecular formula is C9H16N2O2. The van der Waals surface area contributed by atoms with Gasteiger partial charge >= 0.3 is 0 Å². The molecule has 0 bridgehead atoms. The van der Waals surface area contributed by atoms with E-state index in [2.05, 4.69) is 10.6 Å². The van der Waals surface area contributed by atoms with Gasteiger partial charge in [-0.3, -0.25) is 4.79 Å². The van der Waals surface area contributed by atoms with Crippen molar-refractivity contribution in [3.8, 4) is 0 Å². The van der Waals surface area contributed by atoms with Crippen LogP contribution < -0.4 is 10.6 Å². The van der Waals surface area contributed by atoms with Gasteiger partial charge in [-0.05, 0) is 18.8 Å². The fourth-order valence-electron chi connectivity index (χ4n) is 1.20. The summed E-state index contributed by atoms with van der Waals surface area (Å²) in [6.45, 7) is 2.83. The molecule has 0 unspecified atom stereocenters. The normalized spacial score (nSPS) is 22.5. The first-order valence-electron chi connectivity index (χ1n) is 4.93. The summed E-state index contributed by atoms with van der Waals surface area (Å²) in [5, 5.41) is 5.95. The number of carbonyl (C=O) groups excluding carboxylic acids is 1. The Morgan fingerprint density at radius 2 is 2.23 bits per heavy atom. The zero-order valence-electron chi connectivity index (χ0n) is 7.71. The zero-order chi connectivity index (χ0) is 9.10. The van der Waals surface area contributed by atoms with Crippen LogP contribution in [0.1, 0.15) is 12.8 Å². The third kappa shape index (κ3) is 2.97.